The van der Waals surface area contributed by atoms with Crippen LogP contribution in [0, 0.1) is 0 Å². The Balaban J connectivity index is 1.19. The van der Waals surface area contributed by atoms with E-state index in [0.717, 1.165) is 16.7 Å². The van der Waals surface area contributed by atoms with Crippen molar-refractivity contribution in [2.75, 3.05) is 0 Å². The van der Waals surface area contributed by atoms with Crippen LogP contribution in [-0.2, 0) is 0 Å². The van der Waals surface area contributed by atoms with Crippen molar-refractivity contribution in [2.45, 2.75) is 26.2 Å². The Morgan fingerprint density at radius 2 is 0.796 bits per heavy atom. The fourth-order valence-electron chi connectivity index (χ4n) is 9.19. The summed E-state index contributed by atoms with van der Waals surface area (Å²) in [5, 5.41) is 5.86. The first kappa shape index (κ1) is 32.6. The summed E-state index contributed by atoms with van der Waals surface area (Å²) in [6, 6.07) is 59.3. The minimum atomic E-state index is -2.11. The number of hydrogen-bond donors (Lipinski definition) is 0. The summed E-state index contributed by atoms with van der Waals surface area (Å²) in [6.07, 6.45) is 0. The second kappa shape index (κ2) is 12.3. The quantitative estimate of drug-likeness (QED) is 0.166. The van der Waals surface area contributed by atoms with E-state index >= 15 is 0 Å². The van der Waals surface area contributed by atoms with Gasteiger partial charge in [-0.05, 0) is 71.3 Å². The molecule has 0 fully saturated rings. The topological polar surface area (TPSA) is 38.7 Å². The molecule has 3 nitrogen and oxygen atoms in total. The molecular weight excluding hydrogens is 687 g/mol. The monoisotopic (exact) mass is 725 g/mol. The summed E-state index contributed by atoms with van der Waals surface area (Å²) in [5.41, 5.74) is 13.5. The molecule has 10 rings (SSSR count). The lowest BCUT2D eigenvalue weighted by Crippen LogP contribution is -2.50. The van der Waals surface area contributed by atoms with Crippen molar-refractivity contribution < 1.29 is 0 Å². The number of nitrogens with zero attached hydrogens (tertiary/aromatic N) is 3. The molecule has 7 aromatic carbocycles. The van der Waals surface area contributed by atoms with E-state index in [4.69, 9.17) is 15.0 Å². The van der Waals surface area contributed by atoms with Crippen LogP contribution in [0.4, 0.5) is 0 Å². The van der Waals surface area contributed by atoms with Gasteiger partial charge < -0.3 is 0 Å². The molecule has 2 aliphatic rings. The van der Waals surface area contributed by atoms with Crippen LogP contribution in [0.5, 0.6) is 0 Å². The highest BCUT2D eigenvalue weighted by atomic mass is 28.3. The van der Waals surface area contributed by atoms with Gasteiger partial charge in [0.1, 0.15) is 16.1 Å². The van der Waals surface area contributed by atoms with E-state index in [1.807, 2.05) is 6.07 Å². The summed E-state index contributed by atoms with van der Waals surface area (Å²) >= 11 is 0. The highest BCUT2D eigenvalue weighted by molar-refractivity contribution is 7.05. The summed E-state index contributed by atoms with van der Waals surface area (Å²) in [4.78, 5) is 15.9. The van der Waals surface area contributed by atoms with E-state index < -0.39 is 16.1 Å². The summed E-state index contributed by atoms with van der Waals surface area (Å²) in [6.45, 7) is 9.95. The molecule has 0 saturated heterocycles. The highest BCUT2D eigenvalue weighted by Crippen LogP contribution is 2.40. The number of rotatable bonds is 5. The molecule has 0 spiro atoms. The summed E-state index contributed by atoms with van der Waals surface area (Å²) in [7, 11) is -4.19. The van der Waals surface area contributed by atoms with Gasteiger partial charge in [-0.3, -0.25) is 0 Å². The zero-order valence-corrected chi connectivity index (χ0v) is 32.9. The molecule has 0 unspecified atom stereocenters. The van der Waals surface area contributed by atoms with Gasteiger partial charge in [-0.2, -0.15) is 0 Å². The molecule has 54 heavy (non-hydrogen) atoms. The maximum Gasteiger partial charge on any atom is 0.164 e. The van der Waals surface area contributed by atoms with Crippen LogP contribution < -0.4 is 20.7 Å². The van der Waals surface area contributed by atoms with E-state index in [9.17, 15) is 0 Å². The fourth-order valence-corrected chi connectivity index (χ4v) is 16.1. The fraction of sp³-hybridized carbons (Fsp3) is 0.0816. The third-order valence-electron chi connectivity index (χ3n) is 11.7. The van der Waals surface area contributed by atoms with Gasteiger partial charge in [-0.1, -0.05) is 184 Å². The highest BCUT2D eigenvalue weighted by Gasteiger charge is 2.41. The molecule has 8 aromatic rings. The van der Waals surface area contributed by atoms with Gasteiger partial charge in [0.05, 0.1) is 0 Å². The average Bonchev–Trinajstić information content (AvgIpc) is 3.60. The predicted molar refractivity (Wildman–Crippen MR) is 231 cm³/mol. The zero-order valence-electron chi connectivity index (χ0n) is 30.9. The third-order valence-corrected chi connectivity index (χ3v) is 18.8. The van der Waals surface area contributed by atoms with Gasteiger partial charge in [0.15, 0.2) is 17.5 Å². The van der Waals surface area contributed by atoms with Crippen LogP contribution in [0.1, 0.15) is 0 Å². The Bertz CT molecular complexity index is 2760. The van der Waals surface area contributed by atoms with Crippen molar-refractivity contribution in [3.63, 3.8) is 0 Å². The van der Waals surface area contributed by atoms with Crippen LogP contribution in [0.2, 0.25) is 26.2 Å². The number of hydrogen-bond acceptors (Lipinski definition) is 3. The van der Waals surface area contributed by atoms with E-state index in [2.05, 4.69) is 184 Å². The first-order chi connectivity index (χ1) is 26.3. The number of benzene rings is 7. The Hall–Kier alpha value is -6.02. The van der Waals surface area contributed by atoms with E-state index in [-0.39, 0.29) is 0 Å². The van der Waals surface area contributed by atoms with Crippen molar-refractivity contribution in [1.82, 2.24) is 15.0 Å². The van der Waals surface area contributed by atoms with Crippen molar-refractivity contribution in [2.24, 2.45) is 0 Å². The minimum Gasteiger partial charge on any atom is -0.208 e. The second-order valence-electron chi connectivity index (χ2n) is 15.6. The van der Waals surface area contributed by atoms with Crippen molar-refractivity contribution in [3.05, 3.63) is 164 Å². The lowest BCUT2D eigenvalue weighted by Gasteiger charge is -2.24. The van der Waals surface area contributed by atoms with Crippen LogP contribution in [0.15, 0.2) is 164 Å². The Morgan fingerprint density at radius 3 is 1.52 bits per heavy atom. The number of aromatic nitrogens is 3. The molecule has 258 valence electrons. The molecule has 0 aliphatic carbocycles. The SMILES string of the molecule is C[Si]1(C)c2cc(-c3nc(-c4ccccc4)nc(-c4ccc5c(c4-c4ccccc4)[Si](C)(C)c4ccccc4-5)n3)ccc2-c2cccc(-c3ccccc3)c21. The molecule has 0 radical (unpaired) electrons. The Labute approximate surface area is 319 Å². The first-order valence-electron chi connectivity index (χ1n) is 18.8. The van der Waals surface area contributed by atoms with Gasteiger partial charge >= 0.3 is 0 Å². The molecule has 5 heteroatoms. The van der Waals surface area contributed by atoms with Gasteiger partial charge in [0, 0.05) is 16.7 Å². The maximum absolute atomic E-state index is 5.40. The molecule has 0 bridgehead atoms. The minimum absolute atomic E-state index is 0.682. The number of fused-ring (bicyclic) bond motifs is 6. The lowest BCUT2D eigenvalue weighted by atomic mass is 9.94. The summed E-state index contributed by atoms with van der Waals surface area (Å²) in [5.74, 6) is 2.08. The molecule has 1 aromatic heterocycles. The molecule has 3 heterocycles. The summed E-state index contributed by atoms with van der Waals surface area (Å²) < 4.78 is 0. The van der Waals surface area contributed by atoms with Crippen LogP contribution >= 0.6 is 0 Å². The Kier molecular flexibility index (Phi) is 7.41. The molecule has 0 saturated carbocycles. The van der Waals surface area contributed by atoms with E-state index in [0.29, 0.717) is 17.5 Å². The van der Waals surface area contributed by atoms with Gasteiger partial charge in [0.2, 0.25) is 0 Å². The third kappa shape index (κ3) is 4.96. The molecular formula is C49H39N3Si2. The maximum atomic E-state index is 5.40. The second-order valence-corrected chi connectivity index (χ2v) is 24.2. The van der Waals surface area contributed by atoms with Crippen molar-refractivity contribution >= 4 is 36.9 Å². The van der Waals surface area contributed by atoms with Crippen molar-refractivity contribution in [1.29, 1.82) is 0 Å². The van der Waals surface area contributed by atoms with Crippen molar-refractivity contribution in [3.8, 4) is 78.7 Å². The van der Waals surface area contributed by atoms with Crippen LogP contribution in [0.3, 0.4) is 0 Å². The smallest absolute Gasteiger partial charge is 0.164 e. The molecule has 0 atom stereocenters. The predicted octanol–water partition coefficient (Wildman–Crippen LogP) is 9.81. The van der Waals surface area contributed by atoms with Crippen LogP contribution in [-0.4, -0.2) is 31.1 Å². The lowest BCUT2D eigenvalue weighted by molar-refractivity contribution is 1.07. The Morgan fingerprint density at radius 1 is 0.315 bits per heavy atom. The standard InChI is InChI=1S/C49H39N3Si2/c1-53(2)42-26-15-14-23-37(42)40-29-30-41(44(46(40)53)33-19-10-6-11-20-33)49-51-47(34-21-12-7-13-22-34)50-48(52-49)35-27-28-38-39-25-16-24-36(32-17-8-5-9-18-32)45(39)54(3,4)43(38)31-35/h5-31H,1-4H3. The van der Waals surface area contributed by atoms with Gasteiger partial charge in [0.25, 0.3) is 0 Å². The normalized spacial score (nSPS) is 14.2. The van der Waals surface area contributed by atoms with Gasteiger partial charge in [-0.25, -0.2) is 15.0 Å². The molecule has 0 N–H and O–H groups in total. The molecule has 0 amide bonds. The van der Waals surface area contributed by atoms with Gasteiger partial charge in [-0.15, -0.1) is 0 Å². The first-order valence-corrected chi connectivity index (χ1v) is 24.8. The van der Waals surface area contributed by atoms with E-state index in [1.165, 1.54) is 65.3 Å². The van der Waals surface area contributed by atoms with E-state index in [1.54, 1.807) is 0 Å². The van der Waals surface area contributed by atoms with Crippen LogP contribution in [0.25, 0.3) is 78.7 Å². The molecule has 2 aliphatic heterocycles. The largest absolute Gasteiger partial charge is 0.208 e. The zero-order chi connectivity index (χ0) is 36.6. The average molecular weight is 726 g/mol.